The maximum Gasteiger partial charge on any atom is 0.188 e. The van der Waals surface area contributed by atoms with Gasteiger partial charge in [-0.05, 0) is 18.2 Å². The topological polar surface area (TPSA) is 42.2 Å². The van der Waals surface area contributed by atoms with Crippen LogP contribution in [0.25, 0.3) is 0 Å². The van der Waals surface area contributed by atoms with Gasteiger partial charge in [0.05, 0.1) is 5.56 Å². The molecule has 0 aliphatic carbocycles. The zero-order valence-electron chi connectivity index (χ0n) is 7.08. The summed E-state index contributed by atoms with van der Waals surface area (Å²) in [7, 11) is 1.53. The Bertz CT molecular complexity index is 333. The van der Waals surface area contributed by atoms with E-state index < -0.39 is 0 Å². The van der Waals surface area contributed by atoms with Gasteiger partial charge in [0.25, 0.3) is 0 Å². The molecule has 1 aromatic carbocycles. The summed E-state index contributed by atoms with van der Waals surface area (Å²) in [5.74, 6) is 0.535. The summed E-state index contributed by atoms with van der Waals surface area (Å²) >= 11 is 3.27. The van der Waals surface area contributed by atoms with Crippen molar-refractivity contribution in [2.45, 2.75) is 0 Å². The van der Waals surface area contributed by atoms with Gasteiger partial charge in [-0.1, -0.05) is 15.9 Å². The first-order chi connectivity index (χ1) is 6.27. The zero-order chi connectivity index (χ0) is 9.68. The number of methoxy groups -OCH3 is 1. The Morgan fingerprint density at radius 3 is 2.92 bits per heavy atom. The lowest BCUT2D eigenvalue weighted by atomic mass is 10.2. The molecule has 0 atom stereocenters. The fourth-order valence-corrected chi connectivity index (χ4v) is 1.20. The molecule has 0 amide bonds. The normalized spacial score (nSPS) is 9.31. The monoisotopic (exact) mass is 241 g/mol. The highest BCUT2D eigenvalue weighted by molar-refractivity contribution is 9.10. The van der Waals surface area contributed by atoms with Crippen LogP contribution in [0.15, 0.2) is 22.7 Å². The highest BCUT2D eigenvalue weighted by Crippen LogP contribution is 2.22. The first-order valence-corrected chi connectivity index (χ1v) is 4.38. The highest BCUT2D eigenvalue weighted by Gasteiger charge is 2.02. The van der Waals surface area contributed by atoms with Gasteiger partial charge < -0.3 is 9.47 Å². The molecule has 0 bridgehead atoms. The second-order valence-corrected chi connectivity index (χ2v) is 3.22. The molecule has 0 spiro atoms. The Kier molecular flexibility index (Phi) is 3.74. The zero-order valence-corrected chi connectivity index (χ0v) is 8.67. The summed E-state index contributed by atoms with van der Waals surface area (Å²) in [4.78, 5) is 0. The van der Waals surface area contributed by atoms with Crippen LogP contribution in [0.1, 0.15) is 5.56 Å². The van der Waals surface area contributed by atoms with Gasteiger partial charge in [0, 0.05) is 11.6 Å². The van der Waals surface area contributed by atoms with Crippen molar-refractivity contribution in [3.05, 3.63) is 28.2 Å². The summed E-state index contributed by atoms with van der Waals surface area (Å²) in [5, 5.41) is 8.75. The summed E-state index contributed by atoms with van der Waals surface area (Å²) in [6.45, 7) is 0.149. The van der Waals surface area contributed by atoms with Crippen LogP contribution in [0, 0.1) is 11.3 Å². The molecule has 0 radical (unpaired) electrons. The molecular weight excluding hydrogens is 234 g/mol. The minimum Gasteiger partial charge on any atom is -0.466 e. The molecule has 1 rings (SSSR count). The molecule has 0 aromatic heterocycles. The number of ether oxygens (including phenoxy) is 2. The molecule has 0 N–H and O–H groups in total. The Morgan fingerprint density at radius 1 is 1.54 bits per heavy atom. The average Bonchev–Trinajstić information content (AvgIpc) is 2.16. The van der Waals surface area contributed by atoms with Crippen LogP contribution in [0.2, 0.25) is 0 Å². The predicted octanol–water partition coefficient (Wildman–Crippen LogP) is 2.30. The van der Waals surface area contributed by atoms with Gasteiger partial charge in [0.1, 0.15) is 11.8 Å². The number of nitriles is 1. The van der Waals surface area contributed by atoms with Gasteiger partial charge in [-0.15, -0.1) is 0 Å². The smallest absolute Gasteiger partial charge is 0.188 e. The maximum atomic E-state index is 8.75. The SMILES string of the molecule is COCOc1ccc(Br)cc1C#N. The molecule has 3 nitrogen and oxygen atoms in total. The summed E-state index contributed by atoms with van der Waals surface area (Å²) < 4.78 is 10.8. The Morgan fingerprint density at radius 2 is 2.31 bits per heavy atom. The van der Waals surface area contributed by atoms with Crippen molar-refractivity contribution in [2.75, 3.05) is 13.9 Å². The van der Waals surface area contributed by atoms with Crippen LogP contribution in [0.5, 0.6) is 5.75 Å². The second-order valence-electron chi connectivity index (χ2n) is 2.30. The molecule has 0 saturated carbocycles. The van der Waals surface area contributed by atoms with E-state index in [-0.39, 0.29) is 6.79 Å². The third kappa shape index (κ3) is 2.72. The summed E-state index contributed by atoms with van der Waals surface area (Å²) in [5.41, 5.74) is 0.492. The lowest BCUT2D eigenvalue weighted by Crippen LogP contribution is -2.00. The molecular formula is C9H8BrNO2. The van der Waals surface area contributed by atoms with Crippen LogP contribution in [-0.2, 0) is 4.74 Å². The van der Waals surface area contributed by atoms with Crippen LogP contribution < -0.4 is 4.74 Å². The van der Waals surface area contributed by atoms with Crippen molar-refractivity contribution in [1.82, 2.24) is 0 Å². The third-order valence-corrected chi connectivity index (χ3v) is 1.89. The number of hydrogen-bond acceptors (Lipinski definition) is 3. The van der Waals surface area contributed by atoms with E-state index in [4.69, 9.17) is 14.7 Å². The van der Waals surface area contributed by atoms with E-state index in [1.807, 2.05) is 12.1 Å². The molecule has 0 saturated heterocycles. The summed E-state index contributed by atoms with van der Waals surface area (Å²) in [6, 6.07) is 7.27. The predicted molar refractivity (Wildman–Crippen MR) is 51.4 cm³/mol. The number of rotatable bonds is 3. The van der Waals surface area contributed by atoms with E-state index in [1.165, 1.54) is 7.11 Å². The lowest BCUT2D eigenvalue weighted by Gasteiger charge is -2.05. The second kappa shape index (κ2) is 4.85. The first-order valence-electron chi connectivity index (χ1n) is 3.59. The van der Waals surface area contributed by atoms with E-state index >= 15 is 0 Å². The van der Waals surface area contributed by atoms with Crippen molar-refractivity contribution in [1.29, 1.82) is 5.26 Å². The number of nitrogens with zero attached hydrogens (tertiary/aromatic N) is 1. The van der Waals surface area contributed by atoms with Crippen molar-refractivity contribution in [3.63, 3.8) is 0 Å². The standard InChI is InChI=1S/C9H8BrNO2/c1-12-6-13-9-3-2-8(10)4-7(9)5-11/h2-4H,6H2,1H3. The van der Waals surface area contributed by atoms with Crippen LogP contribution in [0.4, 0.5) is 0 Å². The maximum absolute atomic E-state index is 8.75. The molecule has 13 heavy (non-hydrogen) atoms. The average molecular weight is 242 g/mol. The van der Waals surface area contributed by atoms with E-state index in [1.54, 1.807) is 12.1 Å². The largest absolute Gasteiger partial charge is 0.466 e. The fourth-order valence-electron chi connectivity index (χ4n) is 0.838. The van der Waals surface area contributed by atoms with Crippen LogP contribution in [-0.4, -0.2) is 13.9 Å². The fraction of sp³-hybridized carbons (Fsp3) is 0.222. The Labute approximate surface area is 85.0 Å². The Balaban J connectivity index is 2.88. The van der Waals surface area contributed by atoms with Gasteiger partial charge in [-0.25, -0.2) is 0 Å². The van der Waals surface area contributed by atoms with Gasteiger partial charge >= 0.3 is 0 Å². The molecule has 0 fully saturated rings. The van der Waals surface area contributed by atoms with Crippen molar-refractivity contribution in [2.24, 2.45) is 0 Å². The van der Waals surface area contributed by atoms with Crippen molar-refractivity contribution >= 4 is 15.9 Å². The van der Waals surface area contributed by atoms with E-state index in [9.17, 15) is 0 Å². The molecule has 68 valence electrons. The van der Waals surface area contributed by atoms with Crippen LogP contribution >= 0.6 is 15.9 Å². The van der Waals surface area contributed by atoms with E-state index in [2.05, 4.69) is 15.9 Å². The van der Waals surface area contributed by atoms with Gasteiger partial charge in [0.15, 0.2) is 6.79 Å². The minimum absolute atomic E-state index is 0.149. The quantitative estimate of drug-likeness (QED) is 0.763. The first kappa shape index (κ1) is 10.0. The number of hydrogen-bond donors (Lipinski definition) is 0. The molecule has 1 aromatic rings. The molecule has 4 heteroatoms. The number of halogens is 1. The van der Waals surface area contributed by atoms with Crippen molar-refractivity contribution in [3.8, 4) is 11.8 Å². The number of benzene rings is 1. The van der Waals surface area contributed by atoms with E-state index in [0.29, 0.717) is 11.3 Å². The molecule has 0 aliphatic heterocycles. The van der Waals surface area contributed by atoms with Gasteiger partial charge in [-0.2, -0.15) is 5.26 Å². The molecule has 0 unspecified atom stereocenters. The molecule has 0 heterocycles. The Hall–Kier alpha value is -1.05. The third-order valence-electron chi connectivity index (χ3n) is 1.39. The minimum atomic E-state index is 0.149. The van der Waals surface area contributed by atoms with Gasteiger partial charge in [-0.3, -0.25) is 0 Å². The van der Waals surface area contributed by atoms with E-state index in [0.717, 1.165) is 4.47 Å². The summed E-state index contributed by atoms with van der Waals surface area (Å²) in [6.07, 6.45) is 0. The lowest BCUT2D eigenvalue weighted by molar-refractivity contribution is 0.0509. The highest BCUT2D eigenvalue weighted by atomic mass is 79.9. The van der Waals surface area contributed by atoms with Gasteiger partial charge in [0.2, 0.25) is 0 Å². The van der Waals surface area contributed by atoms with Crippen molar-refractivity contribution < 1.29 is 9.47 Å². The van der Waals surface area contributed by atoms with Crippen LogP contribution in [0.3, 0.4) is 0 Å². The molecule has 0 aliphatic rings.